The Balaban J connectivity index is 2.05. The summed E-state index contributed by atoms with van der Waals surface area (Å²) in [5.74, 6) is 0.559. The Kier molecular flexibility index (Phi) is 4.87. The maximum atomic E-state index is 11.9. The number of ether oxygens (including phenoxy) is 1. The molecule has 20 heavy (non-hydrogen) atoms. The van der Waals surface area contributed by atoms with E-state index < -0.39 is 0 Å². The van der Waals surface area contributed by atoms with Crippen molar-refractivity contribution in [3.63, 3.8) is 0 Å². The second-order valence-corrected chi connectivity index (χ2v) is 5.17. The van der Waals surface area contributed by atoms with Crippen LogP contribution in [-0.2, 0) is 0 Å². The van der Waals surface area contributed by atoms with Crippen LogP contribution >= 0.6 is 27.5 Å². The van der Waals surface area contributed by atoms with E-state index in [0.29, 0.717) is 22.1 Å². The third kappa shape index (κ3) is 3.65. The minimum Gasteiger partial charge on any atom is -0.495 e. The molecule has 0 saturated carbocycles. The molecule has 0 spiro atoms. The smallest absolute Gasteiger partial charge is 0.323 e. The van der Waals surface area contributed by atoms with Gasteiger partial charge < -0.3 is 15.4 Å². The quantitative estimate of drug-likeness (QED) is 0.834. The first-order valence-electron chi connectivity index (χ1n) is 5.76. The lowest BCUT2D eigenvalue weighted by Gasteiger charge is -2.10. The third-order valence-corrected chi connectivity index (χ3v) is 3.52. The number of hydrogen-bond donors (Lipinski definition) is 2. The SMILES string of the molecule is COc1ccc(NC(=O)Nc2ccccc2Br)cc1Cl. The number of carbonyl (C=O) groups is 1. The van der Waals surface area contributed by atoms with Crippen molar-refractivity contribution in [3.05, 3.63) is 52.0 Å². The van der Waals surface area contributed by atoms with Gasteiger partial charge in [0.05, 0.1) is 17.8 Å². The minimum atomic E-state index is -0.349. The summed E-state index contributed by atoms with van der Waals surface area (Å²) in [6.45, 7) is 0. The van der Waals surface area contributed by atoms with Crippen LogP contribution in [0.1, 0.15) is 0 Å². The fourth-order valence-electron chi connectivity index (χ4n) is 1.59. The fraction of sp³-hybridized carbons (Fsp3) is 0.0714. The number of benzene rings is 2. The molecule has 6 heteroatoms. The van der Waals surface area contributed by atoms with Gasteiger partial charge in [0.15, 0.2) is 0 Å². The summed E-state index contributed by atoms with van der Waals surface area (Å²) < 4.78 is 5.86. The molecule has 2 amide bonds. The molecule has 104 valence electrons. The molecule has 2 rings (SSSR count). The van der Waals surface area contributed by atoms with Gasteiger partial charge in [-0.2, -0.15) is 0 Å². The van der Waals surface area contributed by atoms with Gasteiger partial charge in [-0.25, -0.2) is 4.79 Å². The van der Waals surface area contributed by atoms with Gasteiger partial charge >= 0.3 is 6.03 Å². The first-order valence-corrected chi connectivity index (χ1v) is 6.93. The number of para-hydroxylation sites is 1. The number of urea groups is 1. The lowest BCUT2D eigenvalue weighted by Crippen LogP contribution is -2.19. The largest absolute Gasteiger partial charge is 0.495 e. The van der Waals surface area contributed by atoms with Crippen molar-refractivity contribution in [2.24, 2.45) is 0 Å². The second kappa shape index (κ2) is 6.63. The van der Waals surface area contributed by atoms with Crippen molar-refractivity contribution in [1.29, 1.82) is 0 Å². The highest BCUT2D eigenvalue weighted by molar-refractivity contribution is 9.10. The van der Waals surface area contributed by atoms with Gasteiger partial charge in [0, 0.05) is 10.2 Å². The van der Waals surface area contributed by atoms with Gasteiger partial charge in [0.1, 0.15) is 5.75 Å². The van der Waals surface area contributed by atoms with Crippen molar-refractivity contribution in [2.75, 3.05) is 17.7 Å². The summed E-state index contributed by atoms with van der Waals surface area (Å²) in [6, 6.07) is 12.0. The molecule has 0 aliphatic carbocycles. The van der Waals surface area contributed by atoms with E-state index in [4.69, 9.17) is 16.3 Å². The van der Waals surface area contributed by atoms with Crippen LogP contribution < -0.4 is 15.4 Å². The average Bonchev–Trinajstić information content (AvgIpc) is 2.41. The Bertz CT molecular complexity index is 634. The molecule has 2 aromatic carbocycles. The van der Waals surface area contributed by atoms with Crippen LogP contribution in [0.4, 0.5) is 16.2 Å². The molecule has 0 radical (unpaired) electrons. The summed E-state index contributed by atoms with van der Waals surface area (Å²) in [6.07, 6.45) is 0. The zero-order chi connectivity index (χ0) is 14.5. The molecule has 0 bridgehead atoms. The number of halogens is 2. The summed E-state index contributed by atoms with van der Waals surface area (Å²) in [5.41, 5.74) is 1.27. The number of rotatable bonds is 3. The van der Waals surface area contributed by atoms with Gasteiger partial charge in [0.2, 0.25) is 0 Å². The fourth-order valence-corrected chi connectivity index (χ4v) is 2.23. The standard InChI is InChI=1S/C14H12BrClN2O2/c1-20-13-7-6-9(8-11(13)16)17-14(19)18-12-5-3-2-4-10(12)15/h2-8H,1H3,(H2,17,18,19). The summed E-state index contributed by atoms with van der Waals surface area (Å²) >= 11 is 9.35. The molecule has 2 N–H and O–H groups in total. The van der Waals surface area contributed by atoms with Crippen LogP contribution in [0.3, 0.4) is 0 Å². The number of methoxy groups -OCH3 is 1. The van der Waals surface area contributed by atoms with Gasteiger partial charge in [-0.3, -0.25) is 0 Å². The third-order valence-electron chi connectivity index (χ3n) is 2.53. The number of amides is 2. The van der Waals surface area contributed by atoms with Crippen LogP contribution in [0, 0.1) is 0 Å². The Morgan fingerprint density at radius 1 is 1.20 bits per heavy atom. The highest BCUT2D eigenvalue weighted by Crippen LogP contribution is 2.27. The van der Waals surface area contributed by atoms with Gasteiger partial charge in [-0.15, -0.1) is 0 Å². The summed E-state index contributed by atoms with van der Waals surface area (Å²) in [5, 5.41) is 5.87. The molecule has 0 aromatic heterocycles. The van der Waals surface area contributed by atoms with Gasteiger partial charge in [-0.05, 0) is 46.3 Å². The number of carbonyl (C=O) groups excluding carboxylic acids is 1. The number of anilines is 2. The van der Waals surface area contributed by atoms with Crippen LogP contribution in [0.15, 0.2) is 46.9 Å². The molecule has 0 saturated heterocycles. The lowest BCUT2D eigenvalue weighted by molar-refractivity contribution is 0.262. The van der Waals surface area contributed by atoms with E-state index in [0.717, 1.165) is 4.47 Å². The van der Waals surface area contributed by atoms with Crippen LogP contribution in [0.25, 0.3) is 0 Å². The van der Waals surface area contributed by atoms with Crippen LogP contribution in [0.2, 0.25) is 5.02 Å². The van der Waals surface area contributed by atoms with Crippen molar-refractivity contribution in [3.8, 4) is 5.75 Å². The maximum absolute atomic E-state index is 11.9. The first kappa shape index (κ1) is 14.7. The van der Waals surface area contributed by atoms with E-state index in [1.54, 1.807) is 24.3 Å². The molecular weight excluding hydrogens is 344 g/mol. The van der Waals surface area contributed by atoms with Crippen LogP contribution in [0.5, 0.6) is 5.75 Å². The number of hydrogen-bond acceptors (Lipinski definition) is 2. The molecule has 4 nitrogen and oxygen atoms in total. The predicted octanol–water partition coefficient (Wildman–Crippen LogP) is 4.76. The molecule has 0 atom stereocenters. The predicted molar refractivity (Wildman–Crippen MR) is 84.8 cm³/mol. The summed E-state index contributed by atoms with van der Waals surface area (Å²) in [7, 11) is 1.54. The molecule has 0 heterocycles. The zero-order valence-corrected chi connectivity index (χ0v) is 13.0. The van der Waals surface area contributed by atoms with E-state index in [1.165, 1.54) is 7.11 Å². The second-order valence-electron chi connectivity index (χ2n) is 3.91. The topological polar surface area (TPSA) is 50.4 Å². The Morgan fingerprint density at radius 3 is 2.60 bits per heavy atom. The average molecular weight is 356 g/mol. The molecular formula is C14H12BrClN2O2. The van der Waals surface area contributed by atoms with Crippen LogP contribution in [-0.4, -0.2) is 13.1 Å². The Hall–Kier alpha value is -1.72. The number of nitrogens with one attached hydrogen (secondary N) is 2. The Labute approximate surface area is 130 Å². The molecule has 2 aromatic rings. The van der Waals surface area contributed by atoms with Crippen molar-refractivity contribution in [1.82, 2.24) is 0 Å². The van der Waals surface area contributed by atoms with E-state index in [9.17, 15) is 4.79 Å². The lowest BCUT2D eigenvalue weighted by atomic mass is 10.3. The maximum Gasteiger partial charge on any atom is 0.323 e. The van der Waals surface area contributed by atoms with Crippen molar-refractivity contribution in [2.45, 2.75) is 0 Å². The van der Waals surface area contributed by atoms with Gasteiger partial charge in [-0.1, -0.05) is 23.7 Å². The van der Waals surface area contributed by atoms with Crippen molar-refractivity contribution < 1.29 is 9.53 Å². The molecule has 0 fully saturated rings. The van der Waals surface area contributed by atoms with E-state index >= 15 is 0 Å². The highest BCUT2D eigenvalue weighted by Gasteiger charge is 2.07. The Morgan fingerprint density at radius 2 is 1.95 bits per heavy atom. The molecule has 0 unspecified atom stereocenters. The van der Waals surface area contributed by atoms with E-state index in [1.807, 2.05) is 18.2 Å². The monoisotopic (exact) mass is 354 g/mol. The highest BCUT2D eigenvalue weighted by atomic mass is 79.9. The minimum absolute atomic E-state index is 0.349. The first-order chi connectivity index (χ1) is 9.60. The zero-order valence-electron chi connectivity index (χ0n) is 10.6. The van der Waals surface area contributed by atoms with Crippen molar-refractivity contribution >= 4 is 44.9 Å². The molecule has 0 aliphatic heterocycles. The van der Waals surface area contributed by atoms with E-state index in [-0.39, 0.29) is 6.03 Å². The van der Waals surface area contributed by atoms with E-state index in [2.05, 4.69) is 26.6 Å². The molecule has 0 aliphatic rings. The summed E-state index contributed by atoms with van der Waals surface area (Å²) in [4.78, 5) is 11.9. The van der Waals surface area contributed by atoms with Gasteiger partial charge in [0.25, 0.3) is 0 Å². The normalized spacial score (nSPS) is 9.95.